The SMILES string of the molecule is NC(CC(=O)O)C(O)c1ccccn1. The summed E-state index contributed by atoms with van der Waals surface area (Å²) in [6.07, 6.45) is 0.205. The molecular weight excluding hydrogens is 184 g/mol. The average Bonchev–Trinajstić information content (AvgIpc) is 2.17. The second kappa shape index (κ2) is 4.69. The lowest BCUT2D eigenvalue weighted by molar-refractivity contribution is -0.138. The van der Waals surface area contributed by atoms with Crippen LogP contribution in [0.25, 0.3) is 0 Å². The van der Waals surface area contributed by atoms with Gasteiger partial charge in [-0.1, -0.05) is 6.07 Å². The van der Waals surface area contributed by atoms with Gasteiger partial charge in [-0.05, 0) is 12.1 Å². The minimum absolute atomic E-state index is 0.280. The average molecular weight is 196 g/mol. The lowest BCUT2D eigenvalue weighted by Crippen LogP contribution is -2.31. The summed E-state index contributed by atoms with van der Waals surface area (Å²) in [6.45, 7) is 0. The van der Waals surface area contributed by atoms with E-state index in [-0.39, 0.29) is 6.42 Å². The zero-order chi connectivity index (χ0) is 10.6. The van der Waals surface area contributed by atoms with Crippen molar-refractivity contribution in [1.29, 1.82) is 0 Å². The van der Waals surface area contributed by atoms with Gasteiger partial charge in [0, 0.05) is 12.2 Å². The van der Waals surface area contributed by atoms with Gasteiger partial charge < -0.3 is 15.9 Å². The highest BCUT2D eigenvalue weighted by Crippen LogP contribution is 2.14. The first kappa shape index (κ1) is 10.6. The maximum Gasteiger partial charge on any atom is 0.305 e. The summed E-state index contributed by atoms with van der Waals surface area (Å²) in [4.78, 5) is 14.2. The normalized spacial score (nSPS) is 14.7. The van der Waals surface area contributed by atoms with E-state index in [1.807, 2.05) is 0 Å². The first-order chi connectivity index (χ1) is 6.61. The maximum atomic E-state index is 10.3. The fraction of sp³-hybridized carbons (Fsp3) is 0.333. The molecule has 1 rings (SSSR count). The minimum atomic E-state index is -1.03. The summed E-state index contributed by atoms with van der Waals surface area (Å²) >= 11 is 0. The number of carboxylic acid groups (broad SMARTS) is 1. The number of hydrogen-bond donors (Lipinski definition) is 3. The molecule has 4 N–H and O–H groups in total. The Morgan fingerprint density at radius 1 is 1.57 bits per heavy atom. The molecule has 1 aromatic rings. The standard InChI is InChI=1S/C9H12N2O3/c10-6(5-8(12)13)9(14)7-3-1-2-4-11-7/h1-4,6,9,14H,5,10H2,(H,12,13). The molecule has 0 saturated carbocycles. The number of aliphatic hydroxyl groups excluding tert-OH is 1. The number of aromatic nitrogens is 1. The fourth-order valence-corrected chi connectivity index (χ4v) is 1.08. The smallest absolute Gasteiger partial charge is 0.305 e. The highest BCUT2D eigenvalue weighted by molar-refractivity contribution is 5.67. The Hall–Kier alpha value is -1.46. The quantitative estimate of drug-likeness (QED) is 0.625. The van der Waals surface area contributed by atoms with Gasteiger partial charge in [0.2, 0.25) is 0 Å². The summed E-state index contributed by atoms with van der Waals surface area (Å²) in [5, 5.41) is 18.1. The maximum absolute atomic E-state index is 10.3. The number of pyridine rings is 1. The van der Waals surface area contributed by atoms with Crippen molar-refractivity contribution in [1.82, 2.24) is 4.98 Å². The van der Waals surface area contributed by atoms with E-state index in [0.717, 1.165) is 0 Å². The summed E-state index contributed by atoms with van der Waals surface area (Å²) in [7, 11) is 0. The molecular formula is C9H12N2O3. The van der Waals surface area contributed by atoms with Gasteiger partial charge in [-0.2, -0.15) is 0 Å². The van der Waals surface area contributed by atoms with E-state index in [1.165, 1.54) is 6.20 Å². The summed E-state index contributed by atoms with van der Waals surface area (Å²) in [5.41, 5.74) is 5.87. The van der Waals surface area contributed by atoms with Crippen LogP contribution in [0.2, 0.25) is 0 Å². The minimum Gasteiger partial charge on any atom is -0.481 e. The summed E-state index contributed by atoms with van der Waals surface area (Å²) < 4.78 is 0. The van der Waals surface area contributed by atoms with Gasteiger partial charge in [0.1, 0.15) is 6.10 Å². The van der Waals surface area contributed by atoms with Crippen LogP contribution in [0.1, 0.15) is 18.2 Å². The van der Waals surface area contributed by atoms with Crippen molar-refractivity contribution in [2.75, 3.05) is 0 Å². The largest absolute Gasteiger partial charge is 0.481 e. The predicted molar refractivity (Wildman–Crippen MR) is 49.4 cm³/mol. The molecule has 14 heavy (non-hydrogen) atoms. The molecule has 0 fully saturated rings. The topological polar surface area (TPSA) is 96.4 Å². The number of carboxylic acids is 1. The van der Waals surface area contributed by atoms with Crippen LogP contribution < -0.4 is 5.73 Å². The van der Waals surface area contributed by atoms with Crippen LogP contribution in [-0.4, -0.2) is 27.2 Å². The van der Waals surface area contributed by atoms with Crippen molar-refractivity contribution < 1.29 is 15.0 Å². The highest BCUT2D eigenvalue weighted by Gasteiger charge is 2.20. The van der Waals surface area contributed by atoms with Gasteiger partial charge in [-0.15, -0.1) is 0 Å². The molecule has 0 aliphatic rings. The summed E-state index contributed by atoms with van der Waals surface area (Å²) in [5.74, 6) is -1.03. The monoisotopic (exact) mass is 196 g/mol. The lowest BCUT2D eigenvalue weighted by atomic mass is 10.1. The molecule has 0 saturated heterocycles. The van der Waals surface area contributed by atoms with E-state index in [2.05, 4.69) is 4.98 Å². The van der Waals surface area contributed by atoms with Gasteiger partial charge in [-0.3, -0.25) is 9.78 Å². The molecule has 1 aromatic heterocycles. The first-order valence-electron chi connectivity index (χ1n) is 4.17. The Morgan fingerprint density at radius 2 is 2.29 bits per heavy atom. The second-order valence-corrected chi connectivity index (χ2v) is 2.96. The fourth-order valence-electron chi connectivity index (χ4n) is 1.08. The van der Waals surface area contributed by atoms with Crippen LogP contribution in [0.15, 0.2) is 24.4 Å². The third kappa shape index (κ3) is 2.79. The third-order valence-electron chi connectivity index (χ3n) is 1.81. The zero-order valence-corrected chi connectivity index (χ0v) is 7.50. The predicted octanol–water partition coefficient (Wildman–Crippen LogP) is -0.0830. The van der Waals surface area contributed by atoms with Gasteiger partial charge in [0.15, 0.2) is 0 Å². The molecule has 0 aliphatic carbocycles. The molecule has 0 bridgehead atoms. The highest BCUT2D eigenvalue weighted by atomic mass is 16.4. The van der Waals surface area contributed by atoms with E-state index >= 15 is 0 Å². The third-order valence-corrected chi connectivity index (χ3v) is 1.81. The number of hydrogen-bond acceptors (Lipinski definition) is 4. The van der Waals surface area contributed by atoms with Gasteiger partial charge >= 0.3 is 5.97 Å². The molecule has 0 amide bonds. The Morgan fingerprint density at radius 3 is 2.79 bits per heavy atom. The zero-order valence-electron chi connectivity index (χ0n) is 7.50. The lowest BCUT2D eigenvalue weighted by Gasteiger charge is -2.15. The number of nitrogens with two attached hydrogens (primary N) is 1. The van der Waals surface area contributed by atoms with Crippen LogP contribution in [0.5, 0.6) is 0 Å². The van der Waals surface area contributed by atoms with Crippen molar-refractivity contribution >= 4 is 5.97 Å². The van der Waals surface area contributed by atoms with Gasteiger partial charge in [0.05, 0.1) is 12.1 Å². The number of nitrogens with zero attached hydrogens (tertiary/aromatic N) is 1. The number of carbonyl (C=O) groups is 1. The van der Waals surface area contributed by atoms with Crippen molar-refractivity contribution in [3.63, 3.8) is 0 Å². The molecule has 5 heteroatoms. The van der Waals surface area contributed by atoms with Crippen LogP contribution in [0, 0.1) is 0 Å². The van der Waals surface area contributed by atoms with E-state index in [1.54, 1.807) is 18.2 Å². The molecule has 0 aliphatic heterocycles. The summed E-state index contributed by atoms with van der Waals surface area (Å²) in [6, 6.07) is 4.19. The van der Waals surface area contributed by atoms with Crippen LogP contribution in [-0.2, 0) is 4.79 Å². The molecule has 0 aromatic carbocycles. The van der Waals surface area contributed by atoms with Crippen LogP contribution in [0.4, 0.5) is 0 Å². The van der Waals surface area contributed by atoms with E-state index in [4.69, 9.17) is 10.8 Å². The van der Waals surface area contributed by atoms with Crippen molar-refractivity contribution in [2.24, 2.45) is 5.73 Å². The Balaban J connectivity index is 2.65. The molecule has 0 radical (unpaired) electrons. The molecule has 76 valence electrons. The molecule has 2 unspecified atom stereocenters. The van der Waals surface area contributed by atoms with Crippen molar-refractivity contribution in [3.8, 4) is 0 Å². The van der Waals surface area contributed by atoms with E-state index in [0.29, 0.717) is 5.69 Å². The Bertz CT molecular complexity index is 302. The van der Waals surface area contributed by atoms with E-state index in [9.17, 15) is 9.90 Å². The molecule has 5 nitrogen and oxygen atoms in total. The van der Waals surface area contributed by atoms with Crippen LogP contribution in [0.3, 0.4) is 0 Å². The second-order valence-electron chi connectivity index (χ2n) is 2.96. The number of aliphatic hydroxyl groups is 1. The Labute approximate surface area is 81.2 Å². The first-order valence-corrected chi connectivity index (χ1v) is 4.17. The van der Waals surface area contributed by atoms with Gasteiger partial charge in [-0.25, -0.2) is 0 Å². The molecule has 2 atom stereocenters. The number of rotatable bonds is 4. The molecule has 1 heterocycles. The van der Waals surface area contributed by atoms with Gasteiger partial charge in [0.25, 0.3) is 0 Å². The number of aliphatic carboxylic acids is 1. The van der Waals surface area contributed by atoms with Crippen LogP contribution >= 0.6 is 0 Å². The Kier molecular flexibility index (Phi) is 3.55. The van der Waals surface area contributed by atoms with E-state index < -0.39 is 18.1 Å². The van der Waals surface area contributed by atoms with Crippen molar-refractivity contribution in [3.05, 3.63) is 30.1 Å². The van der Waals surface area contributed by atoms with Crippen molar-refractivity contribution in [2.45, 2.75) is 18.6 Å². The molecule has 0 spiro atoms.